The first-order valence-electron chi connectivity index (χ1n) is 9.02. The molecule has 3 heterocycles. The summed E-state index contributed by atoms with van der Waals surface area (Å²) in [6.45, 7) is 0. The van der Waals surface area contributed by atoms with Gasteiger partial charge in [-0.25, -0.2) is 4.79 Å². The molecule has 1 aromatic heterocycles. The van der Waals surface area contributed by atoms with Crippen LogP contribution < -0.4 is 5.32 Å². The molecule has 2 aliphatic heterocycles. The van der Waals surface area contributed by atoms with Crippen LogP contribution in [0.15, 0.2) is 50.5 Å². The Balaban J connectivity index is 1.49. The molecular weight excluding hydrogens is 478 g/mol. The summed E-state index contributed by atoms with van der Waals surface area (Å²) in [5.74, 6) is -2.04. The summed E-state index contributed by atoms with van der Waals surface area (Å²) in [5, 5.41) is 41.1. The summed E-state index contributed by atoms with van der Waals surface area (Å²) >= 11 is 4.01. The van der Waals surface area contributed by atoms with Gasteiger partial charge in [0.15, 0.2) is 10.1 Å². The molecule has 2 aliphatic rings. The van der Waals surface area contributed by atoms with Crippen LogP contribution in [-0.4, -0.2) is 76.9 Å². The van der Waals surface area contributed by atoms with Gasteiger partial charge in [-0.2, -0.15) is 0 Å². The van der Waals surface area contributed by atoms with E-state index in [1.807, 2.05) is 0 Å². The number of nitrogens with zero attached hydrogens (tertiary/aromatic N) is 4. The second kappa shape index (κ2) is 9.18. The molecule has 1 saturated heterocycles. The first-order valence-corrected chi connectivity index (χ1v) is 11.9. The van der Waals surface area contributed by atoms with Gasteiger partial charge in [0, 0.05) is 17.1 Å². The Morgan fingerprint density at radius 2 is 2.19 bits per heavy atom. The number of phenols is 1. The molecule has 0 aliphatic carbocycles. The number of aliphatic carboxylic acids is 1. The van der Waals surface area contributed by atoms with Gasteiger partial charge in [0.25, 0.3) is 11.8 Å². The number of β-lactam (4-membered cyclic amide) rings is 1. The lowest BCUT2D eigenvalue weighted by molar-refractivity contribution is -0.150. The quantitative estimate of drug-likeness (QED) is 0.143. The number of thioether (sulfide) groups is 2. The van der Waals surface area contributed by atoms with E-state index in [2.05, 4.69) is 20.7 Å². The van der Waals surface area contributed by atoms with E-state index in [1.54, 1.807) is 5.51 Å². The first-order chi connectivity index (χ1) is 15.4. The Morgan fingerprint density at radius 3 is 2.84 bits per heavy atom. The van der Waals surface area contributed by atoms with Crippen LogP contribution >= 0.6 is 34.9 Å². The van der Waals surface area contributed by atoms with Crippen molar-refractivity contribution < 1.29 is 29.8 Å². The third kappa shape index (κ3) is 4.16. The van der Waals surface area contributed by atoms with Crippen molar-refractivity contribution in [1.29, 1.82) is 0 Å². The summed E-state index contributed by atoms with van der Waals surface area (Å²) in [7, 11) is 0. The second-order valence-corrected chi connectivity index (χ2v) is 9.77. The number of amides is 2. The Bertz CT molecular complexity index is 1140. The van der Waals surface area contributed by atoms with Crippen LogP contribution in [0.25, 0.3) is 0 Å². The number of aromatic nitrogens is 2. The van der Waals surface area contributed by atoms with Crippen LogP contribution in [0.5, 0.6) is 5.75 Å². The van der Waals surface area contributed by atoms with Gasteiger partial charge in [0.1, 0.15) is 28.4 Å². The van der Waals surface area contributed by atoms with Crippen LogP contribution in [0.2, 0.25) is 0 Å². The second-order valence-electron chi connectivity index (χ2n) is 6.61. The predicted molar refractivity (Wildman–Crippen MR) is 117 cm³/mol. The molecule has 0 radical (unpaired) electrons. The highest BCUT2D eigenvalue weighted by Gasteiger charge is 2.54. The first kappa shape index (κ1) is 22.1. The van der Waals surface area contributed by atoms with Gasteiger partial charge < -0.3 is 20.7 Å². The number of carbonyl (C=O) groups is 3. The molecule has 14 heteroatoms. The molecule has 1 fully saturated rings. The molecule has 2 atom stereocenters. The Hall–Kier alpha value is -3.10. The average Bonchev–Trinajstić information content (AvgIpc) is 3.29. The number of fused-ring (bicyclic) bond motifs is 1. The van der Waals surface area contributed by atoms with E-state index in [0.29, 0.717) is 21.4 Å². The van der Waals surface area contributed by atoms with Crippen LogP contribution in [0.4, 0.5) is 0 Å². The molecule has 2 amide bonds. The number of hydrogen-bond donors (Lipinski definition) is 4. The van der Waals surface area contributed by atoms with Gasteiger partial charge in [-0.15, -0.1) is 22.0 Å². The molecule has 0 bridgehead atoms. The van der Waals surface area contributed by atoms with Crippen molar-refractivity contribution >= 4 is 58.4 Å². The van der Waals surface area contributed by atoms with E-state index < -0.39 is 29.2 Å². The molecule has 4 N–H and O–H groups in total. The molecule has 166 valence electrons. The van der Waals surface area contributed by atoms with Crippen molar-refractivity contribution in [2.45, 2.75) is 15.8 Å². The van der Waals surface area contributed by atoms with Gasteiger partial charge in [0.2, 0.25) is 0 Å². The topological polar surface area (TPSA) is 165 Å². The number of oxime groups is 1. The largest absolute Gasteiger partial charge is 0.508 e. The van der Waals surface area contributed by atoms with Gasteiger partial charge in [0.05, 0.1) is 0 Å². The summed E-state index contributed by atoms with van der Waals surface area (Å²) in [6, 6.07) is 4.59. The number of benzene rings is 1. The highest BCUT2D eigenvalue weighted by molar-refractivity contribution is 8.01. The summed E-state index contributed by atoms with van der Waals surface area (Å²) in [6.07, 6.45) is 0. The molecule has 2 aromatic rings. The van der Waals surface area contributed by atoms with Crippen LogP contribution in [0.1, 0.15) is 5.56 Å². The van der Waals surface area contributed by atoms with E-state index >= 15 is 0 Å². The van der Waals surface area contributed by atoms with Crippen molar-refractivity contribution in [3.63, 3.8) is 0 Å². The molecule has 0 saturated carbocycles. The maximum absolute atomic E-state index is 12.8. The number of carboxylic acid groups (broad SMARTS) is 1. The zero-order chi connectivity index (χ0) is 22.8. The Morgan fingerprint density at radius 1 is 1.38 bits per heavy atom. The minimum absolute atomic E-state index is 0.0923. The van der Waals surface area contributed by atoms with Crippen LogP contribution in [0, 0.1) is 0 Å². The van der Waals surface area contributed by atoms with Gasteiger partial charge in [-0.05, 0) is 17.7 Å². The van der Waals surface area contributed by atoms with Crippen molar-refractivity contribution in [3.8, 4) is 5.75 Å². The number of aromatic hydroxyl groups is 1. The number of phenolic OH excluding ortho intramolecular Hbond substituents is 1. The van der Waals surface area contributed by atoms with Gasteiger partial charge in [-0.1, -0.05) is 40.4 Å². The maximum atomic E-state index is 12.8. The highest BCUT2D eigenvalue weighted by Crippen LogP contribution is 2.41. The van der Waals surface area contributed by atoms with Crippen molar-refractivity contribution in [2.75, 3.05) is 11.5 Å². The summed E-state index contributed by atoms with van der Waals surface area (Å²) in [5.41, 5.74) is 1.84. The fraction of sp³-hybridized carbons (Fsp3) is 0.222. The van der Waals surface area contributed by atoms with E-state index in [-0.39, 0.29) is 22.7 Å². The van der Waals surface area contributed by atoms with Crippen molar-refractivity contribution in [3.05, 3.63) is 46.6 Å². The summed E-state index contributed by atoms with van der Waals surface area (Å²) in [4.78, 5) is 38.4. The Kier molecular flexibility index (Phi) is 6.34. The maximum Gasteiger partial charge on any atom is 0.352 e. The molecule has 4 rings (SSSR count). The minimum Gasteiger partial charge on any atom is -0.508 e. The molecule has 32 heavy (non-hydrogen) atoms. The molecule has 1 unspecified atom stereocenters. The normalized spacial score (nSPS) is 20.6. The number of rotatable bonds is 7. The lowest BCUT2D eigenvalue weighted by Gasteiger charge is -2.49. The van der Waals surface area contributed by atoms with Gasteiger partial charge >= 0.3 is 5.97 Å². The monoisotopic (exact) mass is 493 g/mol. The Labute approximate surface area is 193 Å². The van der Waals surface area contributed by atoms with Crippen molar-refractivity contribution in [2.24, 2.45) is 5.16 Å². The number of hydrogen-bond acceptors (Lipinski definition) is 11. The van der Waals surface area contributed by atoms with Crippen molar-refractivity contribution in [1.82, 2.24) is 20.4 Å². The van der Waals surface area contributed by atoms with E-state index in [4.69, 9.17) is 0 Å². The molecule has 1 aromatic carbocycles. The zero-order valence-corrected chi connectivity index (χ0v) is 18.5. The number of carboxylic acids is 1. The van der Waals surface area contributed by atoms with Crippen LogP contribution in [-0.2, 0) is 14.4 Å². The number of carbonyl (C=O) groups excluding carboxylic acids is 2. The minimum atomic E-state index is -1.22. The third-order valence-corrected chi connectivity index (χ3v) is 7.97. The van der Waals surface area contributed by atoms with Crippen LogP contribution in [0.3, 0.4) is 0 Å². The average molecular weight is 494 g/mol. The third-order valence-electron chi connectivity index (χ3n) is 4.68. The molecule has 11 nitrogen and oxygen atoms in total. The smallest absolute Gasteiger partial charge is 0.352 e. The molecule has 0 spiro atoms. The van der Waals surface area contributed by atoms with E-state index in [0.717, 1.165) is 0 Å². The fourth-order valence-electron chi connectivity index (χ4n) is 3.27. The van der Waals surface area contributed by atoms with E-state index in [9.17, 15) is 29.8 Å². The zero-order valence-electron chi connectivity index (χ0n) is 16.0. The lowest BCUT2D eigenvalue weighted by atomic mass is 10.0. The summed E-state index contributed by atoms with van der Waals surface area (Å²) < 4.78 is 0.692. The molecular formula is C18H15N5O6S3. The SMILES string of the molecule is O=C(O)C1=C(CSc2nncs2)CS[C@@H]2C(NC(=O)C(=NO)c3cccc(O)c3)C(=O)N12. The standard InChI is InChI=1S/C18H15N5O6S3/c24-10-3-1-2-8(4-10)11(22-29)14(25)20-12-15(26)23-13(17(27)28)9(5-30-16(12)23)6-31-18-21-19-7-32-18/h1-4,7,12,16,24,29H,5-6H2,(H,20,25)(H,27,28)/t12?,16-/m1/s1. The highest BCUT2D eigenvalue weighted by atomic mass is 32.2. The fourth-order valence-corrected chi connectivity index (χ4v) is 6.24. The van der Waals surface area contributed by atoms with E-state index in [1.165, 1.54) is 64.0 Å². The number of nitrogens with one attached hydrogen (secondary N) is 1. The lowest BCUT2D eigenvalue weighted by Crippen LogP contribution is -2.71. The van der Waals surface area contributed by atoms with Gasteiger partial charge in [-0.3, -0.25) is 14.5 Å². The predicted octanol–water partition coefficient (Wildman–Crippen LogP) is 0.953.